The van der Waals surface area contributed by atoms with E-state index in [4.69, 9.17) is 14.1 Å². The van der Waals surface area contributed by atoms with Gasteiger partial charge in [-0.05, 0) is 36.2 Å². The molecule has 178 valence electrons. The molecule has 0 fully saturated rings. The van der Waals surface area contributed by atoms with Gasteiger partial charge in [0.25, 0.3) is 5.56 Å². The molecule has 3 N–H and O–H groups in total. The molecule has 0 aliphatic carbocycles. The van der Waals surface area contributed by atoms with E-state index in [0.717, 1.165) is 21.9 Å². The van der Waals surface area contributed by atoms with Crippen molar-refractivity contribution in [2.45, 2.75) is 38.6 Å². The SMILES string of the molecule is CC[C@@]1(O)C(=O)OCc2c1cc1n(c2=O)Cc2c-1nc1ccc3occc3c1c2CNC(=O)CO. The van der Waals surface area contributed by atoms with E-state index in [0.29, 0.717) is 22.5 Å². The molecule has 4 aromatic rings. The molecule has 0 saturated carbocycles. The number of carbonyl (C=O) groups is 2. The first-order chi connectivity index (χ1) is 16.9. The second-order valence-electron chi connectivity index (χ2n) is 8.75. The van der Waals surface area contributed by atoms with Crippen LogP contribution in [0.3, 0.4) is 0 Å². The van der Waals surface area contributed by atoms with Gasteiger partial charge in [0.05, 0.1) is 35.3 Å². The van der Waals surface area contributed by atoms with E-state index in [1.165, 1.54) is 0 Å². The second kappa shape index (κ2) is 7.49. The summed E-state index contributed by atoms with van der Waals surface area (Å²) in [7, 11) is 0. The number of nitrogens with zero attached hydrogens (tertiary/aromatic N) is 2. The third-order valence-corrected chi connectivity index (χ3v) is 7.00. The lowest BCUT2D eigenvalue weighted by molar-refractivity contribution is -0.172. The van der Waals surface area contributed by atoms with Gasteiger partial charge in [-0.15, -0.1) is 0 Å². The molecule has 1 aromatic carbocycles. The van der Waals surface area contributed by atoms with Gasteiger partial charge in [0.2, 0.25) is 5.91 Å². The molecule has 1 atom stereocenters. The van der Waals surface area contributed by atoms with Crippen molar-refractivity contribution in [2.75, 3.05) is 6.61 Å². The van der Waals surface area contributed by atoms with Gasteiger partial charge in [0.15, 0.2) is 5.60 Å². The standard InChI is InChI=1S/C25H21N3O7/c1-2-25(33)16-7-18-22-14(9-28(18)23(31)15(16)11-35-24(25)32)13(8-26-20(30)10-29)21-12-5-6-34-19(12)4-3-17(21)27-22/h3-7,29,33H,2,8-11H2,1H3,(H,26,30)/t25-/m0/s1. The molecule has 0 spiro atoms. The summed E-state index contributed by atoms with van der Waals surface area (Å²) in [6.45, 7) is 1.09. The Labute approximate surface area is 197 Å². The van der Waals surface area contributed by atoms with Crippen LogP contribution in [0, 0.1) is 0 Å². The molecule has 35 heavy (non-hydrogen) atoms. The minimum absolute atomic E-state index is 0.0522. The van der Waals surface area contributed by atoms with Crippen molar-refractivity contribution in [3.8, 4) is 11.4 Å². The van der Waals surface area contributed by atoms with E-state index in [9.17, 15) is 24.6 Å². The molecule has 10 nitrogen and oxygen atoms in total. The second-order valence-corrected chi connectivity index (χ2v) is 8.75. The van der Waals surface area contributed by atoms with E-state index in [-0.39, 0.29) is 42.8 Å². The van der Waals surface area contributed by atoms with E-state index in [1.54, 1.807) is 36.0 Å². The Bertz CT molecular complexity index is 1630. The Morgan fingerprint density at radius 2 is 2.09 bits per heavy atom. The van der Waals surface area contributed by atoms with Crippen LogP contribution in [0.15, 0.2) is 39.7 Å². The number of benzene rings is 1. The lowest BCUT2D eigenvalue weighted by Crippen LogP contribution is -2.44. The summed E-state index contributed by atoms with van der Waals surface area (Å²) >= 11 is 0. The summed E-state index contributed by atoms with van der Waals surface area (Å²) in [6.07, 6.45) is 1.62. The van der Waals surface area contributed by atoms with Gasteiger partial charge in [-0.1, -0.05) is 6.92 Å². The fourth-order valence-corrected chi connectivity index (χ4v) is 5.16. The van der Waals surface area contributed by atoms with Gasteiger partial charge in [-0.3, -0.25) is 9.59 Å². The Balaban J connectivity index is 1.64. The van der Waals surface area contributed by atoms with Crippen LogP contribution in [-0.4, -0.2) is 38.2 Å². The molecule has 0 bridgehead atoms. The van der Waals surface area contributed by atoms with Gasteiger partial charge in [-0.25, -0.2) is 9.78 Å². The highest BCUT2D eigenvalue weighted by Crippen LogP contribution is 2.41. The Morgan fingerprint density at radius 3 is 2.86 bits per heavy atom. The minimum Gasteiger partial charge on any atom is -0.464 e. The van der Waals surface area contributed by atoms with E-state index in [1.807, 2.05) is 6.07 Å². The number of hydrogen-bond acceptors (Lipinski definition) is 8. The van der Waals surface area contributed by atoms with Crippen LogP contribution < -0.4 is 10.9 Å². The van der Waals surface area contributed by atoms with E-state index in [2.05, 4.69) is 5.32 Å². The Morgan fingerprint density at radius 1 is 1.26 bits per heavy atom. The van der Waals surface area contributed by atoms with Crippen LogP contribution in [0.25, 0.3) is 33.3 Å². The first kappa shape index (κ1) is 21.5. The van der Waals surface area contributed by atoms with Crippen LogP contribution in [0.1, 0.15) is 35.6 Å². The summed E-state index contributed by atoms with van der Waals surface area (Å²) in [5, 5.41) is 24.6. The maximum absolute atomic E-state index is 13.5. The topological polar surface area (TPSA) is 144 Å². The van der Waals surface area contributed by atoms with Gasteiger partial charge >= 0.3 is 5.97 Å². The number of ether oxygens (including phenoxy) is 1. The zero-order valence-electron chi connectivity index (χ0n) is 18.8. The van der Waals surface area contributed by atoms with Crippen molar-refractivity contribution >= 4 is 33.7 Å². The molecule has 0 unspecified atom stereocenters. The molecule has 0 radical (unpaired) electrons. The smallest absolute Gasteiger partial charge is 0.343 e. The molecule has 3 aromatic heterocycles. The minimum atomic E-state index is -1.91. The number of esters is 1. The molecule has 10 heteroatoms. The fraction of sp³-hybridized carbons (Fsp3) is 0.280. The predicted octanol–water partition coefficient (Wildman–Crippen LogP) is 1.43. The van der Waals surface area contributed by atoms with E-state index >= 15 is 0 Å². The van der Waals surface area contributed by atoms with Crippen molar-refractivity contribution in [1.82, 2.24) is 14.9 Å². The lowest BCUT2D eigenvalue weighted by atomic mass is 9.86. The number of nitrogens with one attached hydrogen (secondary N) is 1. The molecule has 2 aliphatic heterocycles. The number of amides is 1. The monoisotopic (exact) mass is 475 g/mol. The van der Waals surface area contributed by atoms with Gasteiger partial charge < -0.3 is 29.3 Å². The number of pyridine rings is 2. The molecule has 1 amide bonds. The van der Waals surface area contributed by atoms with Crippen LogP contribution in [0.5, 0.6) is 0 Å². The molecule has 2 aliphatic rings. The molecular weight excluding hydrogens is 454 g/mol. The molecule has 6 rings (SSSR count). The van der Waals surface area contributed by atoms with Crippen LogP contribution in [0.2, 0.25) is 0 Å². The number of fused-ring (bicyclic) bond motifs is 7. The summed E-state index contributed by atoms with van der Waals surface area (Å²) in [5.41, 5.74) is 1.98. The number of rotatable bonds is 4. The number of hydrogen-bond donors (Lipinski definition) is 3. The first-order valence-electron chi connectivity index (χ1n) is 11.2. The maximum atomic E-state index is 13.5. The number of cyclic esters (lactones) is 1. The third kappa shape index (κ3) is 2.90. The van der Waals surface area contributed by atoms with Gasteiger partial charge in [0, 0.05) is 28.4 Å². The van der Waals surface area contributed by atoms with Crippen LogP contribution in [-0.2, 0) is 39.6 Å². The van der Waals surface area contributed by atoms with Gasteiger partial charge in [-0.2, -0.15) is 0 Å². The van der Waals surface area contributed by atoms with Gasteiger partial charge in [0.1, 0.15) is 18.8 Å². The van der Waals surface area contributed by atoms with Crippen molar-refractivity contribution < 1.29 is 29.0 Å². The summed E-state index contributed by atoms with van der Waals surface area (Å²) in [4.78, 5) is 42.6. The van der Waals surface area contributed by atoms with E-state index < -0.39 is 24.1 Å². The summed E-state index contributed by atoms with van der Waals surface area (Å²) in [5.74, 6) is -1.31. The highest BCUT2D eigenvalue weighted by molar-refractivity contribution is 6.07. The first-order valence-corrected chi connectivity index (χ1v) is 11.2. The summed E-state index contributed by atoms with van der Waals surface area (Å²) in [6, 6.07) is 7.07. The molecular formula is C25H21N3O7. The predicted molar refractivity (Wildman–Crippen MR) is 123 cm³/mol. The number of aliphatic hydroxyl groups excluding tert-OH is 1. The third-order valence-electron chi connectivity index (χ3n) is 7.00. The zero-order chi connectivity index (χ0) is 24.5. The average Bonchev–Trinajstić information content (AvgIpc) is 3.49. The van der Waals surface area contributed by atoms with Crippen molar-refractivity contribution in [2.24, 2.45) is 0 Å². The average molecular weight is 475 g/mol. The van der Waals surface area contributed by atoms with Crippen molar-refractivity contribution in [3.05, 3.63) is 63.1 Å². The highest BCUT2D eigenvalue weighted by Gasteiger charge is 2.45. The normalized spacial score (nSPS) is 18.3. The van der Waals surface area contributed by atoms with Crippen molar-refractivity contribution in [1.29, 1.82) is 0 Å². The quantitative estimate of drug-likeness (QED) is 0.331. The zero-order valence-corrected chi connectivity index (χ0v) is 18.8. The maximum Gasteiger partial charge on any atom is 0.343 e. The number of aliphatic hydroxyl groups is 2. The van der Waals surface area contributed by atoms with Crippen molar-refractivity contribution in [3.63, 3.8) is 0 Å². The number of aromatic nitrogens is 2. The Kier molecular flexibility index (Phi) is 4.60. The number of carbonyl (C=O) groups excluding carboxylic acids is 2. The highest BCUT2D eigenvalue weighted by atomic mass is 16.6. The number of furan rings is 1. The lowest BCUT2D eigenvalue weighted by Gasteiger charge is -2.31. The Hall–Kier alpha value is -4.02. The molecule has 5 heterocycles. The summed E-state index contributed by atoms with van der Waals surface area (Å²) < 4.78 is 12.2. The largest absolute Gasteiger partial charge is 0.464 e. The molecule has 0 saturated heterocycles. The van der Waals surface area contributed by atoms with Crippen LogP contribution >= 0.6 is 0 Å². The fourth-order valence-electron chi connectivity index (χ4n) is 5.16. The van der Waals surface area contributed by atoms with Crippen LogP contribution in [0.4, 0.5) is 0 Å².